The van der Waals surface area contributed by atoms with E-state index < -0.39 is 0 Å². The molecule has 19 heavy (non-hydrogen) atoms. The molecule has 2 rings (SSSR count). The highest BCUT2D eigenvalue weighted by atomic mass is 16.5. The van der Waals surface area contributed by atoms with Crippen LogP contribution in [0.15, 0.2) is 0 Å². The third-order valence-corrected chi connectivity index (χ3v) is 3.98. The summed E-state index contributed by atoms with van der Waals surface area (Å²) in [5.74, 6) is 0.306. The van der Waals surface area contributed by atoms with Gasteiger partial charge in [-0.2, -0.15) is 0 Å². The van der Waals surface area contributed by atoms with E-state index in [1.54, 1.807) is 0 Å². The number of nitrogens with zero attached hydrogens (tertiary/aromatic N) is 2. The molecule has 2 aliphatic rings. The van der Waals surface area contributed by atoms with Crippen LogP contribution in [0.25, 0.3) is 0 Å². The Morgan fingerprint density at radius 3 is 2.84 bits per heavy atom. The topological polar surface area (TPSA) is 44.8 Å². The molecule has 0 bridgehead atoms. The summed E-state index contributed by atoms with van der Waals surface area (Å²) in [6.45, 7) is 9.41. The van der Waals surface area contributed by atoms with Crippen molar-refractivity contribution in [3.63, 3.8) is 0 Å². The van der Waals surface area contributed by atoms with Crippen LogP contribution in [0.1, 0.15) is 26.2 Å². The van der Waals surface area contributed by atoms with E-state index in [9.17, 15) is 4.79 Å². The van der Waals surface area contributed by atoms with Gasteiger partial charge in [0.2, 0.25) is 5.91 Å². The zero-order valence-corrected chi connectivity index (χ0v) is 12.1. The molecular weight excluding hydrogens is 242 g/mol. The predicted octanol–water partition coefficient (Wildman–Crippen LogP) is 0.309. The molecule has 0 aromatic heterocycles. The van der Waals surface area contributed by atoms with Crippen molar-refractivity contribution in [2.24, 2.45) is 0 Å². The lowest BCUT2D eigenvalue weighted by atomic mass is 10.1. The second-order valence-corrected chi connectivity index (χ2v) is 5.40. The molecule has 2 fully saturated rings. The minimum Gasteiger partial charge on any atom is -0.377 e. The van der Waals surface area contributed by atoms with Crippen LogP contribution in [0, 0.1) is 0 Å². The van der Waals surface area contributed by atoms with E-state index in [1.165, 1.54) is 6.42 Å². The Hall–Kier alpha value is -0.650. The lowest BCUT2D eigenvalue weighted by molar-refractivity contribution is -0.132. The molecule has 2 heterocycles. The van der Waals surface area contributed by atoms with Crippen molar-refractivity contribution in [1.82, 2.24) is 15.1 Å². The summed E-state index contributed by atoms with van der Waals surface area (Å²) in [5.41, 5.74) is 0. The molecule has 2 aliphatic heterocycles. The smallest absolute Gasteiger partial charge is 0.223 e. The largest absolute Gasteiger partial charge is 0.377 e. The number of likely N-dealkylation sites (tertiary alicyclic amines) is 1. The van der Waals surface area contributed by atoms with Gasteiger partial charge in [-0.05, 0) is 26.3 Å². The van der Waals surface area contributed by atoms with Gasteiger partial charge in [0, 0.05) is 52.3 Å². The molecule has 5 nitrogen and oxygen atoms in total. The third-order valence-electron chi connectivity index (χ3n) is 3.98. The van der Waals surface area contributed by atoms with Crippen LogP contribution in [-0.2, 0) is 9.53 Å². The normalized spacial score (nSPS) is 25.5. The van der Waals surface area contributed by atoms with Gasteiger partial charge < -0.3 is 19.9 Å². The highest BCUT2D eigenvalue weighted by molar-refractivity contribution is 5.76. The van der Waals surface area contributed by atoms with E-state index in [1.807, 2.05) is 11.8 Å². The Bertz CT molecular complexity index is 278. The first-order valence-corrected chi connectivity index (χ1v) is 7.62. The Morgan fingerprint density at radius 1 is 1.32 bits per heavy atom. The molecule has 1 N–H and O–H groups in total. The summed E-state index contributed by atoms with van der Waals surface area (Å²) in [6.07, 6.45) is 3.37. The predicted molar refractivity (Wildman–Crippen MR) is 75.2 cm³/mol. The van der Waals surface area contributed by atoms with Crippen LogP contribution >= 0.6 is 0 Å². The van der Waals surface area contributed by atoms with Gasteiger partial charge >= 0.3 is 0 Å². The van der Waals surface area contributed by atoms with E-state index in [4.69, 9.17) is 4.74 Å². The molecule has 110 valence electrons. The molecule has 1 unspecified atom stereocenters. The van der Waals surface area contributed by atoms with Gasteiger partial charge in [0.1, 0.15) is 0 Å². The quantitative estimate of drug-likeness (QED) is 0.780. The maximum atomic E-state index is 12.1. The first-order chi connectivity index (χ1) is 9.29. The minimum atomic E-state index is 0.306. The number of hydrogen-bond acceptors (Lipinski definition) is 4. The summed E-state index contributed by atoms with van der Waals surface area (Å²) in [7, 11) is 0. The summed E-state index contributed by atoms with van der Waals surface area (Å²) < 4.78 is 5.69. The fraction of sp³-hybridized carbons (Fsp3) is 0.929. The SMILES string of the molecule is CCOC1CCCN(CCC(=O)N2CCNCC2)C1. The van der Waals surface area contributed by atoms with Crippen LogP contribution in [0.4, 0.5) is 0 Å². The number of nitrogens with one attached hydrogen (secondary N) is 1. The standard InChI is InChI=1S/C14H27N3O2/c1-2-19-13-4-3-8-16(12-13)9-5-14(18)17-10-6-15-7-11-17/h13,15H,2-12H2,1H3. The van der Waals surface area contributed by atoms with Crippen molar-refractivity contribution in [3.8, 4) is 0 Å². The molecule has 0 radical (unpaired) electrons. The first-order valence-electron chi connectivity index (χ1n) is 7.62. The van der Waals surface area contributed by atoms with Crippen molar-refractivity contribution in [3.05, 3.63) is 0 Å². The average molecular weight is 269 g/mol. The zero-order chi connectivity index (χ0) is 13.5. The maximum Gasteiger partial charge on any atom is 0.223 e. The maximum absolute atomic E-state index is 12.1. The Balaban J connectivity index is 1.67. The van der Waals surface area contributed by atoms with Gasteiger partial charge in [-0.25, -0.2) is 0 Å². The molecule has 5 heteroatoms. The molecule has 1 amide bonds. The molecule has 0 saturated carbocycles. The summed E-state index contributed by atoms with van der Waals surface area (Å²) in [6, 6.07) is 0. The van der Waals surface area contributed by atoms with E-state index in [0.29, 0.717) is 18.4 Å². The summed E-state index contributed by atoms with van der Waals surface area (Å²) >= 11 is 0. The molecule has 1 atom stereocenters. The zero-order valence-electron chi connectivity index (χ0n) is 12.1. The van der Waals surface area contributed by atoms with Crippen molar-refractivity contribution in [2.75, 3.05) is 52.4 Å². The van der Waals surface area contributed by atoms with Crippen LogP contribution in [0.3, 0.4) is 0 Å². The molecule has 0 aliphatic carbocycles. The third kappa shape index (κ3) is 4.75. The lowest BCUT2D eigenvalue weighted by Crippen LogP contribution is -2.47. The number of rotatable bonds is 5. The first kappa shape index (κ1) is 14.8. The second-order valence-electron chi connectivity index (χ2n) is 5.40. The minimum absolute atomic E-state index is 0.306. The van der Waals surface area contributed by atoms with Crippen molar-refractivity contribution in [2.45, 2.75) is 32.3 Å². The Labute approximate surface area is 116 Å². The molecule has 0 aromatic rings. The number of hydrogen-bond donors (Lipinski definition) is 1. The summed E-state index contributed by atoms with van der Waals surface area (Å²) in [5, 5.41) is 3.27. The van der Waals surface area contributed by atoms with Gasteiger partial charge in [-0.15, -0.1) is 0 Å². The van der Waals surface area contributed by atoms with Gasteiger partial charge in [-0.1, -0.05) is 0 Å². The number of carbonyl (C=O) groups excluding carboxylic acids is 1. The molecule has 2 saturated heterocycles. The van der Waals surface area contributed by atoms with E-state index in [-0.39, 0.29) is 0 Å². The van der Waals surface area contributed by atoms with E-state index in [0.717, 1.165) is 58.8 Å². The fourth-order valence-corrected chi connectivity index (χ4v) is 2.91. The number of piperazine rings is 1. The Kier molecular flexibility index (Phi) is 6.07. The highest BCUT2D eigenvalue weighted by Crippen LogP contribution is 2.13. The van der Waals surface area contributed by atoms with Crippen LogP contribution in [0.2, 0.25) is 0 Å². The van der Waals surface area contributed by atoms with Crippen molar-refractivity contribution < 1.29 is 9.53 Å². The number of ether oxygens (including phenoxy) is 1. The number of carbonyl (C=O) groups is 1. The van der Waals surface area contributed by atoms with Gasteiger partial charge in [0.15, 0.2) is 0 Å². The molecular formula is C14H27N3O2. The van der Waals surface area contributed by atoms with Gasteiger partial charge in [0.25, 0.3) is 0 Å². The van der Waals surface area contributed by atoms with Crippen molar-refractivity contribution >= 4 is 5.91 Å². The van der Waals surface area contributed by atoms with E-state index in [2.05, 4.69) is 10.2 Å². The lowest BCUT2D eigenvalue weighted by Gasteiger charge is -2.33. The van der Waals surface area contributed by atoms with Crippen molar-refractivity contribution in [1.29, 1.82) is 0 Å². The Morgan fingerprint density at radius 2 is 2.11 bits per heavy atom. The van der Waals surface area contributed by atoms with Gasteiger partial charge in [0.05, 0.1) is 6.10 Å². The molecule has 0 spiro atoms. The monoisotopic (exact) mass is 269 g/mol. The number of piperidine rings is 1. The highest BCUT2D eigenvalue weighted by Gasteiger charge is 2.22. The number of amides is 1. The van der Waals surface area contributed by atoms with Gasteiger partial charge in [-0.3, -0.25) is 4.79 Å². The van der Waals surface area contributed by atoms with Crippen LogP contribution in [-0.4, -0.2) is 74.2 Å². The van der Waals surface area contributed by atoms with Crippen LogP contribution in [0.5, 0.6) is 0 Å². The summed E-state index contributed by atoms with van der Waals surface area (Å²) in [4.78, 5) is 16.5. The second kappa shape index (κ2) is 7.82. The molecule has 0 aromatic carbocycles. The fourth-order valence-electron chi connectivity index (χ4n) is 2.91. The van der Waals surface area contributed by atoms with Crippen LogP contribution < -0.4 is 5.32 Å². The van der Waals surface area contributed by atoms with E-state index >= 15 is 0 Å². The average Bonchev–Trinajstić information content (AvgIpc) is 2.46.